The minimum atomic E-state index is 0.411. The van der Waals surface area contributed by atoms with Crippen LogP contribution in [0.3, 0.4) is 0 Å². The number of benzene rings is 1. The van der Waals surface area contributed by atoms with Crippen LogP contribution in [-0.4, -0.2) is 31.1 Å². The number of ether oxygens (including phenoxy) is 1. The van der Waals surface area contributed by atoms with Crippen molar-refractivity contribution in [2.24, 2.45) is 5.73 Å². The summed E-state index contributed by atoms with van der Waals surface area (Å²) in [5.74, 6) is 0.931. The Kier molecular flexibility index (Phi) is 4.61. The van der Waals surface area contributed by atoms with Gasteiger partial charge in [-0.05, 0) is 44.0 Å². The highest BCUT2D eigenvalue weighted by molar-refractivity contribution is 5.30. The largest absolute Gasteiger partial charge is 0.497 e. The van der Waals surface area contributed by atoms with Crippen LogP contribution in [0.2, 0.25) is 0 Å². The molecule has 1 aliphatic rings. The Hall–Kier alpha value is -1.06. The van der Waals surface area contributed by atoms with Crippen LogP contribution in [0.1, 0.15) is 37.8 Å². The second-order valence-electron chi connectivity index (χ2n) is 5.08. The fourth-order valence-corrected chi connectivity index (χ4v) is 2.88. The molecule has 1 aromatic rings. The van der Waals surface area contributed by atoms with Gasteiger partial charge in [-0.3, -0.25) is 4.90 Å². The molecule has 3 nitrogen and oxygen atoms in total. The van der Waals surface area contributed by atoms with Crippen LogP contribution in [0, 0.1) is 0 Å². The molecule has 1 saturated heterocycles. The van der Waals surface area contributed by atoms with Crippen LogP contribution >= 0.6 is 0 Å². The maximum Gasteiger partial charge on any atom is 0.119 e. The van der Waals surface area contributed by atoms with Gasteiger partial charge in [-0.2, -0.15) is 0 Å². The Morgan fingerprint density at radius 3 is 3.00 bits per heavy atom. The van der Waals surface area contributed by atoms with Gasteiger partial charge in [-0.25, -0.2) is 0 Å². The van der Waals surface area contributed by atoms with Gasteiger partial charge in [0.25, 0.3) is 0 Å². The Bertz CT molecular complexity index is 381. The van der Waals surface area contributed by atoms with Crippen molar-refractivity contribution >= 4 is 0 Å². The molecule has 2 unspecified atom stereocenters. The van der Waals surface area contributed by atoms with E-state index in [1.54, 1.807) is 7.11 Å². The number of likely N-dealkylation sites (tertiary alicyclic amines) is 1. The lowest BCUT2D eigenvalue weighted by Crippen LogP contribution is -2.45. The molecule has 18 heavy (non-hydrogen) atoms. The van der Waals surface area contributed by atoms with E-state index in [4.69, 9.17) is 10.5 Å². The number of piperidine rings is 1. The van der Waals surface area contributed by atoms with Crippen molar-refractivity contribution in [3.63, 3.8) is 0 Å². The molecule has 0 saturated carbocycles. The first-order valence-electron chi connectivity index (χ1n) is 6.86. The maximum absolute atomic E-state index is 5.90. The van der Waals surface area contributed by atoms with Crippen molar-refractivity contribution in [2.45, 2.75) is 38.3 Å². The fraction of sp³-hybridized carbons (Fsp3) is 0.600. The minimum Gasteiger partial charge on any atom is -0.497 e. The van der Waals surface area contributed by atoms with Crippen LogP contribution < -0.4 is 10.5 Å². The first-order valence-corrected chi connectivity index (χ1v) is 6.86. The molecule has 0 amide bonds. The number of hydrogen-bond donors (Lipinski definition) is 1. The lowest BCUT2D eigenvalue weighted by Gasteiger charge is -2.39. The molecule has 0 aliphatic carbocycles. The van der Waals surface area contributed by atoms with Crippen molar-refractivity contribution in [3.05, 3.63) is 29.8 Å². The smallest absolute Gasteiger partial charge is 0.119 e. The predicted molar refractivity (Wildman–Crippen MR) is 74.8 cm³/mol. The molecule has 1 heterocycles. The maximum atomic E-state index is 5.90. The van der Waals surface area contributed by atoms with Gasteiger partial charge in [0, 0.05) is 18.6 Å². The minimum absolute atomic E-state index is 0.411. The lowest BCUT2D eigenvalue weighted by molar-refractivity contribution is 0.108. The molecule has 0 aromatic heterocycles. The molecule has 0 bridgehead atoms. The highest BCUT2D eigenvalue weighted by Gasteiger charge is 2.26. The van der Waals surface area contributed by atoms with E-state index in [-0.39, 0.29) is 0 Å². The molecular formula is C15H24N2O. The number of methoxy groups -OCH3 is 1. The predicted octanol–water partition coefficient (Wildman–Crippen LogP) is 2.57. The third-order valence-electron chi connectivity index (χ3n) is 4.02. The Labute approximate surface area is 110 Å². The van der Waals surface area contributed by atoms with Crippen LogP contribution in [-0.2, 0) is 0 Å². The van der Waals surface area contributed by atoms with Gasteiger partial charge in [0.15, 0.2) is 0 Å². The average molecular weight is 248 g/mol. The van der Waals surface area contributed by atoms with Gasteiger partial charge < -0.3 is 10.5 Å². The zero-order valence-electron chi connectivity index (χ0n) is 11.4. The number of rotatable bonds is 4. The zero-order chi connectivity index (χ0) is 13.0. The van der Waals surface area contributed by atoms with Gasteiger partial charge in [0.2, 0.25) is 0 Å². The molecule has 100 valence electrons. The standard InChI is InChI=1S/C15H24N2O/c1-12(13-6-5-8-15(10-13)18-2)17-9-4-3-7-14(17)11-16/h5-6,8,10,12,14H,3-4,7,9,11,16H2,1-2H3. The number of hydrogen-bond acceptors (Lipinski definition) is 3. The molecule has 1 aromatic carbocycles. The SMILES string of the molecule is COc1cccc(C(C)N2CCCCC2CN)c1. The van der Waals surface area contributed by atoms with Crippen molar-refractivity contribution in [1.29, 1.82) is 0 Å². The third kappa shape index (κ3) is 2.85. The Morgan fingerprint density at radius 1 is 1.44 bits per heavy atom. The summed E-state index contributed by atoms with van der Waals surface area (Å²) in [6.07, 6.45) is 3.82. The summed E-state index contributed by atoms with van der Waals surface area (Å²) in [4.78, 5) is 2.54. The monoisotopic (exact) mass is 248 g/mol. The molecule has 3 heteroatoms. The molecule has 2 atom stereocenters. The summed E-state index contributed by atoms with van der Waals surface area (Å²) in [6, 6.07) is 9.30. The van der Waals surface area contributed by atoms with Gasteiger partial charge in [-0.15, -0.1) is 0 Å². The van der Waals surface area contributed by atoms with E-state index in [0.717, 1.165) is 18.8 Å². The second kappa shape index (κ2) is 6.21. The first kappa shape index (κ1) is 13.4. The summed E-state index contributed by atoms with van der Waals surface area (Å²) >= 11 is 0. The van der Waals surface area contributed by atoms with E-state index in [0.29, 0.717) is 12.1 Å². The molecule has 0 spiro atoms. The van der Waals surface area contributed by atoms with Crippen LogP contribution in [0.4, 0.5) is 0 Å². The summed E-state index contributed by atoms with van der Waals surface area (Å²) < 4.78 is 5.30. The summed E-state index contributed by atoms with van der Waals surface area (Å²) in [6.45, 7) is 4.18. The summed E-state index contributed by atoms with van der Waals surface area (Å²) in [5.41, 5.74) is 7.21. The molecular weight excluding hydrogens is 224 g/mol. The van der Waals surface area contributed by atoms with E-state index in [1.807, 2.05) is 6.07 Å². The lowest BCUT2D eigenvalue weighted by atomic mass is 9.97. The second-order valence-corrected chi connectivity index (χ2v) is 5.08. The number of nitrogens with zero attached hydrogens (tertiary/aromatic N) is 1. The van der Waals surface area contributed by atoms with E-state index >= 15 is 0 Å². The van der Waals surface area contributed by atoms with Crippen LogP contribution in [0.25, 0.3) is 0 Å². The average Bonchev–Trinajstić information content (AvgIpc) is 2.46. The van der Waals surface area contributed by atoms with Gasteiger partial charge in [-0.1, -0.05) is 18.6 Å². The molecule has 1 fully saturated rings. The van der Waals surface area contributed by atoms with E-state index in [2.05, 4.69) is 30.0 Å². The quantitative estimate of drug-likeness (QED) is 0.890. The summed E-state index contributed by atoms with van der Waals surface area (Å²) in [7, 11) is 1.72. The van der Waals surface area contributed by atoms with Crippen molar-refractivity contribution in [2.75, 3.05) is 20.2 Å². The highest BCUT2D eigenvalue weighted by Crippen LogP contribution is 2.29. The van der Waals surface area contributed by atoms with Crippen LogP contribution in [0.15, 0.2) is 24.3 Å². The summed E-state index contributed by atoms with van der Waals surface area (Å²) in [5, 5.41) is 0. The van der Waals surface area contributed by atoms with Crippen LogP contribution in [0.5, 0.6) is 5.75 Å². The van der Waals surface area contributed by atoms with Gasteiger partial charge in [0.1, 0.15) is 5.75 Å². The Morgan fingerprint density at radius 2 is 2.28 bits per heavy atom. The first-order chi connectivity index (χ1) is 8.76. The highest BCUT2D eigenvalue weighted by atomic mass is 16.5. The Balaban J connectivity index is 2.15. The fourth-order valence-electron chi connectivity index (χ4n) is 2.88. The molecule has 0 radical (unpaired) electrons. The van der Waals surface area contributed by atoms with Gasteiger partial charge >= 0.3 is 0 Å². The van der Waals surface area contributed by atoms with E-state index in [1.165, 1.54) is 24.8 Å². The van der Waals surface area contributed by atoms with E-state index < -0.39 is 0 Å². The van der Waals surface area contributed by atoms with Gasteiger partial charge in [0.05, 0.1) is 7.11 Å². The van der Waals surface area contributed by atoms with Crippen molar-refractivity contribution in [1.82, 2.24) is 4.90 Å². The van der Waals surface area contributed by atoms with Crippen molar-refractivity contribution in [3.8, 4) is 5.75 Å². The molecule has 2 N–H and O–H groups in total. The zero-order valence-corrected chi connectivity index (χ0v) is 11.4. The topological polar surface area (TPSA) is 38.5 Å². The number of nitrogens with two attached hydrogens (primary N) is 1. The third-order valence-corrected chi connectivity index (χ3v) is 4.02. The van der Waals surface area contributed by atoms with Crippen molar-refractivity contribution < 1.29 is 4.74 Å². The molecule has 2 rings (SSSR count). The normalized spacial score (nSPS) is 22.7. The van der Waals surface area contributed by atoms with E-state index in [9.17, 15) is 0 Å². The molecule has 1 aliphatic heterocycles.